The van der Waals surface area contributed by atoms with E-state index < -0.39 is 0 Å². The van der Waals surface area contributed by atoms with Gasteiger partial charge in [0.1, 0.15) is 0 Å². The minimum absolute atomic E-state index is 0. The molecule has 2 N–H and O–H groups in total. The molecule has 6 heteroatoms. The second-order valence-corrected chi connectivity index (χ2v) is 5.52. The van der Waals surface area contributed by atoms with Crippen molar-refractivity contribution in [3.05, 3.63) is 0 Å². The zero-order valence-corrected chi connectivity index (χ0v) is 13.5. The van der Waals surface area contributed by atoms with Crippen LogP contribution < -0.4 is 10.6 Å². The van der Waals surface area contributed by atoms with Crippen LogP contribution in [0.1, 0.15) is 32.6 Å². The molecule has 19 heavy (non-hydrogen) atoms. The lowest BCUT2D eigenvalue weighted by molar-refractivity contribution is -0.125. The lowest BCUT2D eigenvalue weighted by Crippen LogP contribution is -2.49. The Morgan fingerprint density at radius 3 is 2.74 bits per heavy atom. The first-order valence-electron chi connectivity index (χ1n) is 6.89. The fourth-order valence-corrected chi connectivity index (χ4v) is 3.10. The maximum Gasteiger partial charge on any atom is 0.224 e. The summed E-state index contributed by atoms with van der Waals surface area (Å²) in [5, 5.41) is 6.26. The number of rotatable bonds is 4. The molecule has 0 aromatic rings. The molecule has 2 aliphatic heterocycles. The zero-order valence-electron chi connectivity index (χ0n) is 11.9. The van der Waals surface area contributed by atoms with Gasteiger partial charge in [-0.25, -0.2) is 0 Å². The largest absolute Gasteiger partial charge is 0.353 e. The Kier molecular flexibility index (Phi) is 8.99. The first kappa shape index (κ1) is 19.0. The van der Waals surface area contributed by atoms with Gasteiger partial charge in [0.2, 0.25) is 5.91 Å². The van der Waals surface area contributed by atoms with E-state index >= 15 is 0 Å². The van der Waals surface area contributed by atoms with Crippen LogP contribution in [0.3, 0.4) is 0 Å². The summed E-state index contributed by atoms with van der Waals surface area (Å²) in [6.45, 7) is 5.17. The molecule has 2 rings (SSSR count). The van der Waals surface area contributed by atoms with Crippen molar-refractivity contribution in [2.45, 2.75) is 44.7 Å². The Morgan fingerprint density at radius 2 is 2.05 bits per heavy atom. The smallest absolute Gasteiger partial charge is 0.224 e. The third kappa shape index (κ3) is 5.10. The molecule has 0 aromatic carbocycles. The number of nitrogens with zero attached hydrogens (tertiary/aromatic N) is 1. The van der Waals surface area contributed by atoms with Gasteiger partial charge in [-0.05, 0) is 39.3 Å². The van der Waals surface area contributed by atoms with E-state index in [0.717, 1.165) is 32.0 Å². The fraction of sp³-hybridized carbons (Fsp3) is 0.923. The third-order valence-electron chi connectivity index (χ3n) is 4.12. The summed E-state index contributed by atoms with van der Waals surface area (Å²) >= 11 is 0. The van der Waals surface area contributed by atoms with Crippen LogP contribution in [0.4, 0.5) is 0 Å². The Labute approximate surface area is 128 Å². The van der Waals surface area contributed by atoms with Crippen LogP contribution in [0, 0.1) is 5.92 Å². The normalized spacial score (nSPS) is 27.7. The van der Waals surface area contributed by atoms with Crippen LogP contribution in [0.2, 0.25) is 0 Å². The van der Waals surface area contributed by atoms with E-state index in [1.807, 2.05) is 14.0 Å². The number of piperidine rings is 1. The highest BCUT2D eigenvalue weighted by atomic mass is 35.5. The Hall–Kier alpha value is -0.0300. The summed E-state index contributed by atoms with van der Waals surface area (Å²) in [6.07, 6.45) is 4.92. The molecule has 2 fully saturated rings. The summed E-state index contributed by atoms with van der Waals surface area (Å²) in [7, 11) is 1.89. The highest BCUT2D eigenvalue weighted by Gasteiger charge is 2.32. The number of halogens is 2. The Morgan fingerprint density at radius 1 is 1.32 bits per heavy atom. The number of nitrogens with one attached hydrogen (secondary N) is 2. The Bertz CT molecular complexity index is 279. The van der Waals surface area contributed by atoms with Gasteiger partial charge in [0.05, 0.1) is 0 Å². The van der Waals surface area contributed by atoms with Crippen molar-refractivity contribution >= 4 is 30.7 Å². The summed E-state index contributed by atoms with van der Waals surface area (Å²) in [5.74, 6) is 0.275. The van der Waals surface area contributed by atoms with Crippen molar-refractivity contribution in [3.8, 4) is 0 Å². The molecule has 2 saturated heterocycles. The molecule has 114 valence electrons. The first-order chi connectivity index (χ1) is 8.20. The van der Waals surface area contributed by atoms with Gasteiger partial charge in [0, 0.05) is 31.1 Å². The van der Waals surface area contributed by atoms with E-state index in [1.165, 1.54) is 19.4 Å². The molecule has 0 bridgehead atoms. The molecule has 0 aliphatic carbocycles. The minimum Gasteiger partial charge on any atom is -0.353 e. The van der Waals surface area contributed by atoms with Crippen LogP contribution in [-0.4, -0.2) is 49.6 Å². The molecule has 0 radical (unpaired) electrons. The average Bonchev–Trinajstić information content (AvgIpc) is 2.76. The van der Waals surface area contributed by atoms with Crippen molar-refractivity contribution in [1.82, 2.24) is 15.5 Å². The van der Waals surface area contributed by atoms with Gasteiger partial charge in [-0.15, -0.1) is 24.8 Å². The van der Waals surface area contributed by atoms with Crippen molar-refractivity contribution in [3.63, 3.8) is 0 Å². The van der Waals surface area contributed by atoms with Crippen molar-refractivity contribution in [2.75, 3.05) is 26.7 Å². The predicted molar refractivity (Wildman–Crippen MR) is 83.3 cm³/mol. The molecule has 0 spiro atoms. The highest BCUT2D eigenvalue weighted by molar-refractivity contribution is 5.85. The molecule has 1 amide bonds. The number of fused-ring (bicyclic) bond motifs is 1. The van der Waals surface area contributed by atoms with E-state index in [4.69, 9.17) is 0 Å². The van der Waals surface area contributed by atoms with Gasteiger partial charge in [-0.2, -0.15) is 0 Å². The standard InChI is InChI=1S/C13H25N3O.2ClH/c1-10(9-14-2)13(17)15-11-5-7-16-6-3-4-12(16)8-11;;/h10-12,14H,3-9H2,1-2H3,(H,15,17);2*1H. The first-order valence-corrected chi connectivity index (χ1v) is 6.89. The molecule has 0 saturated carbocycles. The van der Waals surface area contributed by atoms with Crippen LogP contribution in [0.15, 0.2) is 0 Å². The number of amides is 1. The van der Waals surface area contributed by atoms with Crippen LogP contribution >= 0.6 is 24.8 Å². The SMILES string of the molecule is CNCC(C)C(=O)NC1CCN2CCCC2C1.Cl.Cl. The summed E-state index contributed by atoms with van der Waals surface area (Å²) < 4.78 is 0. The average molecular weight is 312 g/mol. The molecular formula is C13H27Cl2N3O. The highest BCUT2D eigenvalue weighted by Crippen LogP contribution is 2.26. The van der Waals surface area contributed by atoms with Gasteiger partial charge in [-0.3, -0.25) is 4.79 Å². The fourth-order valence-electron chi connectivity index (χ4n) is 3.10. The van der Waals surface area contributed by atoms with E-state index in [2.05, 4.69) is 15.5 Å². The van der Waals surface area contributed by atoms with E-state index in [0.29, 0.717) is 6.04 Å². The maximum atomic E-state index is 11.9. The monoisotopic (exact) mass is 311 g/mol. The van der Waals surface area contributed by atoms with Gasteiger partial charge in [-0.1, -0.05) is 6.92 Å². The molecule has 3 atom stereocenters. The Balaban J connectivity index is 0.00000162. The zero-order chi connectivity index (χ0) is 12.3. The topological polar surface area (TPSA) is 44.4 Å². The van der Waals surface area contributed by atoms with Crippen LogP contribution in [-0.2, 0) is 4.79 Å². The number of hydrogen-bond acceptors (Lipinski definition) is 3. The van der Waals surface area contributed by atoms with Gasteiger partial charge in [0.25, 0.3) is 0 Å². The predicted octanol–water partition coefficient (Wildman–Crippen LogP) is 1.43. The van der Waals surface area contributed by atoms with E-state index in [1.54, 1.807) is 0 Å². The number of hydrogen-bond donors (Lipinski definition) is 2. The second kappa shape index (κ2) is 9.01. The number of carbonyl (C=O) groups excluding carboxylic acids is 1. The molecule has 0 aromatic heterocycles. The van der Waals surface area contributed by atoms with Crippen LogP contribution in [0.25, 0.3) is 0 Å². The number of carbonyl (C=O) groups is 1. The summed E-state index contributed by atoms with van der Waals surface area (Å²) in [5.41, 5.74) is 0. The quantitative estimate of drug-likeness (QED) is 0.825. The lowest BCUT2D eigenvalue weighted by Gasteiger charge is -2.35. The minimum atomic E-state index is 0. The third-order valence-corrected chi connectivity index (χ3v) is 4.12. The van der Waals surface area contributed by atoms with Crippen molar-refractivity contribution < 1.29 is 4.79 Å². The molecule has 4 nitrogen and oxygen atoms in total. The van der Waals surface area contributed by atoms with Crippen LogP contribution in [0.5, 0.6) is 0 Å². The summed E-state index contributed by atoms with van der Waals surface area (Å²) in [6, 6.07) is 1.13. The van der Waals surface area contributed by atoms with Crippen molar-refractivity contribution in [2.24, 2.45) is 5.92 Å². The van der Waals surface area contributed by atoms with Crippen molar-refractivity contribution in [1.29, 1.82) is 0 Å². The second-order valence-electron chi connectivity index (χ2n) is 5.52. The maximum absolute atomic E-state index is 11.9. The van der Waals surface area contributed by atoms with E-state index in [9.17, 15) is 4.79 Å². The van der Waals surface area contributed by atoms with Gasteiger partial charge in [0.15, 0.2) is 0 Å². The van der Waals surface area contributed by atoms with Gasteiger partial charge < -0.3 is 15.5 Å². The van der Waals surface area contributed by atoms with E-state index in [-0.39, 0.29) is 36.6 Å². The summed E-state index contributed by atoms with van der Waals surface area (Å²) in [4.78, 5) is 14.5. The molecular weight excluding hydrogens is 285 g/mol. The molecule has 2 heterocycles. The van der Waals surface area contributed by atoms with Gasteiger partial charge >= 0.3 is 0 Å². The molecule has 2 aliphatic rings. The molecule has 3 unspecified atom stereocenters. The lowest BCUT2D eigenvalue weighted by atomic mass is 9.97.